The number of benzene rings is 2. The first-order chi connectivity index (χ1) is 8.50. The van der Waals surface area contributed by atoms with E-state index < -0.39 is 10.1 Å². The maximum atomic E-state index is 11.0. The fourth-order valence-corrected chi connectivity index (χ4v) is 2.13. The Labute approximate surface area is 137 Å². The Morgan fingerprint density at radius 3 is 2.16 bits per heavy atom. The molecule has 0 atom stereocenters. The molecule has 0 heterocycles. The third-order valence-electron chi connectivity index (χ3n) is 2.44. The van der Waals surface area contributed by atoms with Crippen LogP contribution < -0.4 is 29.6 Å². The SMILES string of the molecule is C[CH-]CC.O=S(=O)(O)c1cccc2ccccc12.[Na+]. The summed E-state index contributed by atoms with van der Waals surface area (Å²) >= 11 is 0. The Bertz CT molecular complexity index is 602. The van der Waals surface area contributed by atoms with Gasteiger partial charge in [-0.05, 0) is 11.5 Å². The van der Waals surface area contributed by atoms with Crippen molar-refractivity contribution in [2.45, 2.75) is 25.2 Å². The van der Waals surface area contributed by atoms with Gasteiger partial charge in [0.2, 0.25) is 0 Å². The molecule has 0 radical (unpaired) electrons. The average molecular weight is 288 g/mol. The van der Waals surface area contributed by atoms with Crippen molar-refractivity contribution in [2.75, 3.05) is 0 Å². The zero-order valence-corrected chi connectivity index (χ0v) is 14.3. The van der Waals surface area contributed by atoms with Crippen LogP contribution in [-0.4, -0.2) is 13.0 Å². The van der Waals surface area contributed by atoms with Crippen LogP contribution in [0.25, 0.3) is 10.8 Å². The maximum absolute atomic E-state index is 11.0. The minimum atomic E-state index is -4.13. The number of hydrogen-bond acceptors (Lipinski definition) is 2. The van der Waals surface area contributed by atoms with E-state index in [4.69, 9.17) is 4.55 Å². The first-order valence-corrected chi connectivity index (χ1v) is 7.17. The van der Waals surface area contributed by atoms with Crippen LogP contribution in [-0.2, 0) is 10.1 Å². The molecule has 0 saturated carbocycles. The first kappa shape index (κ1) is 18.6. The van der Waals surface area contributed by atoms with Gasteiger partial charge in [0.1, 0.15) is 4.90 Å². The molecule has 2 aromatic rings. The van der Waals surface area contributed by atoms with E-state index in [1.54, 1.807) is 30.3 Å². The molecule has 3 nitrogen and oxygen atoms in total. The molecule has 0 bridgehead atoms. The van der Waals surface area contributed by atoms with Crippen LogP contribution in [0.2, 0.25) is 0 Å². The topological polar surface area (TPSA) is 54.4 Å². The molecule has 0 amide bonds. The van der Waals surface area contributed by atoms with Gasteiger partial charge in [-0.2, -0.15) is 21.8 Å². The van der Waals surface area contributed by atoms with E-state index in [-0.39, 0.29) is 34.5 Å². The van der Waals surface area contributed by atoms with Crippen LogP contribution in [0, 0.1) is 6.42 Å². The molecule has 0 aliphatic heterocycles. The summed E-state index contributed by atoms with van der Waals surface area (Å²) in [6.45, 7) is 4.18. The molecule has 0 aliphatic carbocycles. The van der Waals surface area contributed by atoms with Gasteiger partial charge in [0, 0.05) is 5.39 Å². The van der Waals surface area contributed by atoms with Gasteiger partial charge in [-0.25, -0.2) is 0 Å². The Morgan fingerprint density at radius 2 is 1.63 bits per heavy atom. The van der Waals surface area contributed by atoms with E-state index >= 15 is 0 Å². The smallest absolute Gasteiger partial charge is 0.332 e. The van der Waals surface area contributed by atoms with Gasteiger partial charge in [0.05, 0.1) is 0 Å². The van der Waals surface area contributed by atoms with Crippen molar-refractivity contribution < 1.29 is 42.5 Å². The fraction of sp³-hybridized carbons (Fsp3) is 0.214. The predicted octanol–water partition coefficient (Wildman–Crippen LogP) is 0.711. The Balaban J connectivity index is 0.000000576. The summed E-state index contributed by atoms with van der Waals surface area (Å²) in [5.41, 5.74) is 0. The van der Waals surface area contributed by atoms with Crippen LogP contribution in [0.15, 0.2) is 47.4 Å². The van der Waals surface area contributed by atoms with E-state index in [2.05, 4.69) is 20.3 Å². The third kappa shape index (κ3) is 5.63. The molecule has 0 fully saturated rings. The van der Waals surface area contributed by atoms with E-state index in [0.717, 1.165) is 5.39 Å². The van der Waals surface area contributed by atoms with Crippen LogP contribution in [0.5, 0.6) is 0 Å². The summed E-state index contributed by atoms with van der Waals surface area (Å²) in [7, 11) is -4.13. The number of fused-ring (bicyclic) bond motifs is 1. The molecule has 0 unspecified atom stereocenters. The summed E-state index contributed by atoms with van der Waals surface area (Å²) in [6, 6.07) is 11.8. The second-order valence-electron chi connectivity index (χ2n) is 3.77. The molecular weight excluding hydrogens is 271 g/mol. The molecule has 5 heteroatoms. The van der Waals surface area contributed by atoms with Gasteiger partial charge in [0.25, 0.3) is 10.1 Å². The van der Waals surface area contributed by atoms with E-state index in [1.165, 1.54) is 12.5 Å². The van der Waals surface area contributed by atoms with Crippen LogP contribution in [0.1, 0.15) is 20.3 Å². The summed E-state index contributed by atoms with van der Waals surface area (Å²) < 4.78 is 31.0. The summed E-state index contributed by atoms with van der Waals surface area (Å²) in [5, 5.41) is 1.33. The second-order valence-corrected chi connectivity index (χ2v) is 5.16. The molecule has 0 aliphatic rings. The quantitative estimate of drug-likeness (QED) is 0.503. The van der Waals surface area contributed by atoms with E-state index in [0.29, 0.717) is 5.39 Å². The van der Waals surface area contributed by atoms with Crippen molar-refractivity contribution in [2.24, 2.45) is 0 Å². The van der Waals surface area contributed by atoms with Crippen LogP contribution in [0.4, 0.5) is 0 Å². The molecular formula is C14H17NaO3S. The molecule has 1 N–H and O–H groups in total. The van der Waals surface area contributed by atoms with E-state index in [9.17, 15) is 8.42 Å². The number of unbranched alkanes of at least 4 members (excludes halogenated alkanes) is 1. The minimum Gasteiger partial charge on any atom is -0.332 e. The van der Waals surface area contributed by atoms with Crippen molar-refractivity contribution in [3.05, 3.63) is 48.9 Å². The number of rotatable bonds is 2. The van der Waals surface area contributed by atoms with Gasteiger partial charge in [0.15, 0.2) is 0 Å². The molecule has 19 heavy (non-hydrogen) atoms. The fourth-order valence-electron chi connectivity index (χ4n) is 1.42. The van der Waals surface area contributed by atoms with Crippen LogP contribution in [0.3, 0.4) is 0 Å². The van der Waals surface area contributed by atoms with Gasteiger partial charge in [-0.15, -0.1) is 0 Å². The van der Waals surface area contributed by atoms with Gasteiger partial charge < -0.3 is 6.42 Å². The summed E-state index contributed by atoms with van der Waals surface area (Å²) in [6.07, 6.45) is 3.32. The van der Waals surface area contributed by atoms with Gasteiger partial charge in [-0.1, -0.05) is 43.3 Å². The standard InChI is InChI=1S/C10H8O3S.C4H9.Na/c11-14(12,13)10-7-3-5-8-4-1-2-6-9(8)10;1-3-4-2;/h1-7H,(H,11,12,13);3H,4H2,1-2H3;/q;-1;+1. The van der Waals surface area contributed by atoms with Gasteiger partial charge in [-0.3, -0.25) is 4.55 Å². The summed E-state index contributed by atoms with van der Waals surface area (Å²) in [4.78, 5) is -0.0457. The van der Waals surface area contributed by atoms with Crippen molar-refractivity contribution in [1.29, 1.82) is 0 Å². The number of hydrogen-bond donors (Lipinski definition) is 1. The Hall–Kier alpha value is -0.390. The van der Waals surface area contributed by atoms with Crippen molar-refractivity contribution in [3.63, 3.8) is 0 Å². The minimum absolute atomic E-state index is 0. The monoisotopic (exact) mass is 288 g/mol. The molecule has 98 valence electrons. The van der Waals surface area contributed by atoms with E-state index in [1.807, 2.05) is 6.07 Å². The van der Waals surface area contributed by atoms with Gasteiger partial charge >= 0.3 is 29.6 Å². The molecule has 0 saturated heterocycles. The molecule has 2 rings (SSSR count). The predicted molar refractivity (Wildman–Crippen MR) is 74.0 cm³/mol. The Morgan fingerprint density at radius 1 is 1.11 bits per heavy atom. The normalized spacial score (nSPS) is 10.3. The first-order valence-electron chi connectivity index (χ1n) is 5.73. The van der Waals surface area contributed by atoms with Crippen molar-refractivity contribution in [3.8, 4) is 0 Å². The van der Waals surface area contributed by atoms with Crippen molar-refractivity contribution in [1.82, 2.24) is 0 Å². The zero-order valence-electron chi connectivity index (χ0n) is 11.5. The molecule has 2 aromatic carbocycles. The third-order valence-corrected chi connectivity index (χ3v) is 3.35. The molecule has 0 spiro atoms. The maximum Gasteiger partial charge on any atom is 1.00 e. The average Bonchev–Trinajstić information content (AvgIpc) is 2.37. The van der Waals surface area contributed by atoms with Crippen LogP contribution >= 0.6 is 0 Å². The summed E-state index contributed by atoms with van der Waals surface area (Å²) in [5.74, 6) is 0. The van der Waals surface area contributed by atoms with Crippen molar-refractivity contribution >= 4 is 20.9 Å². The Kier molecular flexibility index (Phi) is 8.54. The second kappa shape index (κ2) is 8.72. The molecule has 0 aromatic heterocycles. The zero-order chi connectivity index (χ0) is 13.6. The largest absolute Gasteiger partial charge is 1.00 e.